The number of nitrogens with one attached hydrogen (secondary N) is 1. The number of likely N-dealkylation sites (N-methyl/N-ethyl adjacent to an activating group) is 1. The maximum Gasteiger partial charge on any atom is 0.110 e. The van der Waals surface area contributed by atoms with Gasteiger partial charge in [-0.1, -0.05) is 18.5 Å². The number of imidazole rings is 1. The molecule has 2 aromatic heterocycles. The summed E-state index contributed by atoms with van der Waals surface area (Å²) in [6.07, 6.45) is 5.90. The van der Waals surface area contributed by atoms with Gasteiger partial charge in [0.25, 0.3) is 0 Å². The fourth-order valence-electron chi connectivity index (χ4n) is 2.04. The SMILES string of the molecule is CCCn1ccnc1CC(NC)c1sccc1Cl. The Morgan fingerprint density at radius 3 is 3.00 bits per heavy atom. The van der Waals surface area contributed by atoms with Crippen LogP contribution in [-0.4, -0.2) is 16.6 Å². The van der Waals surface area contributed by atoms with E-state index >= 15 is 0 Å². The van der Waals surface area contributed by atoms with E-state index < -0.39 is 0 Å². The highest BCUT2D eigenvalue weighted by Gasteiger charge is 2.17. The average Bonchev–Trinajstić information content (AvgIpc) is 2.96. The third kappa shape index (κ3) is 2.94. The molecule has 1 N–H and O–H groups in total. The van der Waals surface area contributed by atoms with Gasteiger partial charge in [0.1, 0.15) is 5.82 Å². The summed E-state index contributed by atoms with van der Waals surface area (Å²) in [7, 11) is 1.97. The molecule has 0 radical (unpaired) electrons. The van der Waals surface area contributed by atoms with Crippen molar-refractivity contribution in [2.24, 2.45) is 0 Å². The van der Waals surface area contributed by atoms with E-state index in [4.69, 9.17) is 11.6 Å². The van der Waals surface area contributed by atoms with Crippen LogP contribution in [0.5, 0.6) is 0 Å². The van der Waals surface area contributed by atoms with Gasteiger partial charge in [0.05, 0.1) is 5.02 Å². The van der Waals surface area contributed by atoms with Crippen molar-refractivity contribution in [3.8, 4) is 0 Å². The quantitative estimate of drug-likeness (QED) is 0.879. The second kappa shape index (κ2) is 6.36. The lowest BCUT2D eigenvalue weighted by Crippen LogP contribution is -2.20. The van der Waals surface area contributed by atoms with E-state index in [1.807, 2.05) is 30.9 Å². The molecule has 3 nitrogen and oxygen atoms in total. The van der Waals surface area contributed by atoms with Crippen LogP contribution in [0, 0.1) is 0 Å². The van der Waals surface area contributed by atoms with E-state index in [1.165, 1.54) is 4.88 Å². The third-order valence-electron chi connectivity index (χ3n) is 2.96. The Morgan fingerprint density at radius 1 is 1.56 bits per heavy atom. The monoisotopic (exact) mass is 283 g/mol. The zero-order chi connectivity index (χ0) is 13.0. The van der Waals surface area contributed by atoms with Crippen molar-refractivity contribution in [3.05, 3.63) is 39.6 Å². The molecule has 1 atom stereocenters. The molecule has 18 heavy (non-hydrogen) atoms. The smallest absolute Gasteiger partial charge is 0.110 e. The predicted octanol–water partition coefficient (Wildman–Crippen LogP) is 3.51. The van der Waals surface area contributed by atoms with Gasteiger partial charge in [0, 0.05) is 36.3 Å². The van der Waals surface area contributed by atoms with Gasteiger partial charge in [-0.3, -0.25) is 0 Å². The van der Waals surface area contributed by atoms with E-state index in [-0.39, 0.29) is 6.04 Å². The summed E-state index contributed by atoms with van der Waals surface area (Å²) < 4.78 is 2.21. The molecule has 0 aliphatic carbocycles. The van der Waals surface area contributed by atoms with Crippen molar-refractivity contribution in [1.82, 2.24) is 14.9 Å². The van der Waals surface area contributed by atoms with Gasteiger partial charge in [-0.05, 0) is 24.9 Å². The Kier molecular flexibility index (Phi) is 4.80. The lowest BCUT2D eigenvalue weighted by atomic mass is 10.1. The molecule has 2 aromatic rings. The van der Waals surface area contributed by atoms with E-state index in [1.54, 1.807) is 11.3 Å². The first kappa shape index (κ1) is 13.6. The van der Waals surface area contributed by atoms with Gasteiger partial charge in [0.15, 0.2) is 0 Å². The largest absolute Gasteiger partial charge is 0.335 e. The zero-order valence-electron chi connectivity index (χ0n) is 10.7. The highest BCUT2D eigenvalue weighted by molar-refractivity contribution is 7.10. The van der Waals surface area contributed by atoms with E-state index in [2.05, 4.69) is 21.8 Å². The van der Waals surface area contributed by atoms with Crippen LogP contribution in [0.25, 0.3) is 0 Å². The number of hydrogen-bond acceptors (Lipinski definition) is 3. The minimum atomic E-state index is 0.232. The first-order chi connectivity index (χ1) is 8.76. The summed E-state index contributed by atoms with van der Waals surface area (Å²) >= 11 is 7.89. The van der Waals surface area contributed by atoms with Crippen LogP contribution < -0.4 is 5.32 Å². The van der Waals surface area contributed by atoms with Crippen molar-refractivity contribution in [1.29, 1.82) is 0 Å². The Hall–Kier alpha value is -0.840. The maximum absolute atomic E-state index is 6.20. The molecule has 0 fully saturated rings. The number of nitrogens with zero attached hydrogens (tertiary/aromatic N) is 2. The van der Waals surface area contributed by atoms with Crippen molar-refractivity contribution in [3.63, 3.8) is 0 Å². The van der Waals surface area contributed by atoms with E-state index in [0.717, 1.165) is 30.2 Å². The molecule has 0 aliphatic rings. The molecule has 2 rings (SSSR count). The van der Waals surface area contributed by atoms with Crippen molar-refractivity contribution >= 4 is 22.9 Å². The summed E-state index contributed by atoms with van der Waals surface area (Å²) in [5, 5.41) is 6.19. The molecule has 98 valence electrons. The van der Waals surface area contributed by atoms with Crippen molar-refractivity contribution < 1.29 is 0 Å². The van der Waals surface area contributed by atoms with Gasteiger partial charge in [-0.15, -0.1) is 11.3 Å². The Morgan fingerprint density at radius 2 is 2.39 bits per heavy atom. The number of rotatable bonds is 6. The molecule has 2 heterocycles. The number of halogens is 1. The molecule has 0 spiro atoms. The molecule has 5 heteroatoms. The van der Waals surface area contributed by atoms with Crippen molar-refractivity contribution in [2.45, 2.75) is 32.4 Å². The predicted molar refractivity (Wildman–Crippen MR) is 77.4 cm³/mol. The van der Waals surface area contributed by atoms with Crippen LogP contribution in [0.15, 0.2) is 23.8 Å². The summed E-state index contributed by atoms with van der Waals surface area (Å²) in [5.74, 6) is 1.11. The Balaban J connectivity index is 2.15. The normalized spacial score (nSPS) is 12.8. The summed E-state index contributed by atoms with van der Waals surface area (Å²) in [6, 6.07) is 2.18. The minimum absolute atomic E-state index is 0.232. The van der Waals surface area contributed by atoms with Gasteiger partial charge < -0.3 is 9.88 Å². The van der Waals surface area contributed by atoms with Crippen LogP contribution in [0.4, 0.5) is 0 Å². The molecule has 0 saturated heterocycles. The number of hydrogen-bond donors (Lipinski definition) is 1. The topological polar surface area (TPSA) is 29.9 Å². The van der Waals surface area contributed by atoms with Crippen LogP contribution in [0.1, 0.15) is 30.1 Å². The average molecular weight is 284 g/mol. The van der Waals surface area contributed by atoms with Gasteiger partial charge in [-0.25, -0.2) is 4.98 Å². The van der Waals surface area contributed by atoms with Crippen LogP contribution >= 0.6 is 22.9 Å². The molecule has 0 bridgehead atoms. The van der Waals surface area contributed by atoms with E-state index in [0.29, 0.717) is 0 Å². The van der Waals surface area contributed by atoms with Gasteiger partial charge >= 0.3 is 0 Å². The molecular formula is C13H18ClN3S. The van der Waals surface area contributed by atoms with Gasteiger partial charge in [-0.2, -0.15) is 0 Å². The van der Waals surface area contributed by atoms with Crippen LogP contribution in [0.3, 0.4) is 0 Å². The fraction of sp³-hybridized carbons (Fsp3) is 0.462. The summed E-state index contributed by atoms with van der Waals surface area (Å²) in [5.41, 5.74) is 0. The molecular weight excluding hydrogens is 266 g/mol. The second-order valence-corrected chi connectivity index (χ2v) is 5.57. The Bertz CT molecular complexity index is 492. The first-order valence-electron chi connectivity index (χ1n) is 6.16. The van der Waals surface area contributed by atoms with Crippen LogP contribution in [0.2, 0.25) is 5.02 Å². The minimum Gasteiger partial charge on any atom is -0.335 e. The molecule has 0 aliphatic heterocycles. The molecule has 0 aromatic carbocycles. The standard InChI is InChI=1S/C13H18ClN3S/c1-3-6-17-7-5-16-12(17)9-11(15-2)13-10(14)4-8-18-13/h4-5,7-8,11,15H,3,6,9H2,1-2H3. The number of aromatic nitrogens is 2. The lowest BCUT2D eigenvalue weighted by molar-refractivity contribution is 0.549. The number of thiophene rings is 1. The maximum atomic E-state index is 6.20. The second-order valence-electron chi connectivity index (χ2n) is 4.22. The molecule has 1 unspecified atom stereocenters. The summed E-state index contributed by atoms with van der Waals surface area (Å²) in [4.78, 5) is 5.63. The first-order valence-corrected chi connectivity index (χ1v) is 7.42. The third-order valence-corrected chi connectivity index (χ3v) is 4.43. The Labute approximate surface area is 117 Å². The van der Waals surface area contributed by atoms with E-state index in [9.17, 15) is 0 Å². The highest BCUT2D eigenvalue weighted by atomic mass is 35.5. The van der Waals surface area contributed by atoms with Gasteiger partial charge in [0.2, 0.25) is 0 Å². The summed E-state index contributed by atoms with van der Waals surface area (Å²) in [6.45, 7) is 3.19. The van der Waals surface area contributed by atoms with Crippen molar-refractivity contribution in [2.75, 3.05) is 7.05 Å². The lowest BCUT2D eigenvalue weighted by Gasteiger charge is -2.16. The molecule has 0 amide bonds. The number of aryl methyl sites for hydroxylation is 1. The zero-order valence-corrected chi connectivity index (χ0v) is 12.3. The fourth-order valence-corrected chi connectivity index (χ4v) is 3.34. The van der Waals surface area contributed by atoms with Crippen LogP contribution in [-0.2, 0) is 13.0 Å². The molecule has 0 saturated carbocycles. The highest BCUT2D eigenvalue weighted by Crippen LogP contribution is 2.30.